The highest BCUT2D eigenvalue weighted by atomic mass is 32.2. The first-order valence-corrected chi connectivity index (χ1v) is 11.4. The second-order valence-electron chi connectivity index (χ2n) is 7.39. The van der Waals surface area contributed by atoms with Gasteiger partial charge in [0.1, 0.15) is 11.6 Å². The Morgan fingerprint density at radius 1 is 1.18 bits per heavy atom. The Balaban J connectivity index is 1.73. The van der Waals surface area contributed by atoms with Gasteiger partial charge in [-0.2, -0.15) is 0 Å². The van der Waals surface area contributed by atoms with Gasteiger partial charge in [0.25, 0.3) is 5.56 Å². The van der Waals surface area contributed by atoms with Gasteiger partial charge in [-0.05, 0) is 44.5 Å². The standard InChI is InChI=1S/C23H22F2N4O3S/c1-3-32-12-6-11-28-21(31)17-7-4-5-8-19(17)29-22(28)26-27-23(29)33-14(2)20(30)16-10-9-15(24)13-18(16)25/h4-5,7-10,13-14H,3,6,11-12H2,1-2H3. The molecular formula is C23H22F2N4O3S. The van der Waals surface area contributed by atoms with Crippen LogP contribution in [0.15, 0.2) is 52.4 Å². The Morgan fingerprint density at radius 2 is 1.97 bits per heavy atom. The third kappa shape index (κ3) is 4.53. The van der Waals surface area contributed by atoms with Crippen LogP contribution in [0.3, 0.4) is 0 Å². The van der Waals surface area contributed by atoms with Crippen LogP contribution in [-0.4, -0.2) is 43.4 Å². The number of ketones is 1. The van der Waals surface area contributed by atoms with Gasteiger partial charge in [0.15, 0.2) is 10.9 Å². The predicted molar refractivity (Wildman–Crippen MR) is 122 cm³/mol. The molecule has 4 rings (SSSR count). The summed E-state index contributed by atoms with van der Waals surface area (Å²) < 4.78 is 36.0. The van der Waals surface area contributed by atoms with E-state index in [-0.39, 0.29) is 11.1 Å². The lowest BCUT2D eigenvalue weighted by Gasteiger charge is -2.13. The first kappa shape index (κ1) is 23.1. The average molecular weight is 473 g/mol. The molecule has 0 aliphatic rings. The van der Waals surface area contributed by atoms with Crippen molar-refractivity contribution in [2.75, 3.05) is 13.2 Å². The topological polar surface area (TPSA) is 78.5 Å². The van der Waals surface area contributed by atoms with Crippen LogP contribution >= 0.6 is 11.8 Å². The van der Waals surface area contributed by atoms with Crippen LogP contribution in [0.4, 0.5) is 8.78 Å². The molecule has 0 aliphatic carbocycles. The molecule has 0 saturated carbocycles. The minimum absolute atomic E-state index is 0.184. The van der Waals surface area contributed by atoms with E-state index in [1.54, 1.807) is 40.2 Å². The van der Waals surface area contributed by atoms with E-state index < -0.39 is 22.7 Å². The summed E-state index contributed by atoms with van der Waals surface area (Å²) in [6.45, 7) is 5.02. The zero-order valence-corrected chi connectivity index (χ0v) is 18.9. The van der Waals surface area contributed by atoms with E-state index in [9.17, 15) is 18.4 Å². The molecule has 1 unspecified atom stereocenters. The number of para-hydroxylation sites is 1. The average Bonchev–Trinajstić information content (AvgIpc) is 3.21. The van der Waals surface area contributed by atoms with Crippen molar-refractivity contribution < 1.29 is 18.3 Å². The van der Waals surface area contributed by atoms with E-state index in [1.165, 1.54) is 0 Å². The summed E-state index contributed by atoms with van der Waals surface area (Å²) in [5.41, 5.74) is 0.234. The monoisotopic (exact) mass is 472 g/mol. The van der Waals surface area contributed by atoms with Crippen molar-refractivity contribution in [3.8, 4) is 0 Å². The molecule has 10 heteroatoms. The molecule has 0 N–H and O–H groups in total. The summed E-state index contributed by atoms with van der Waals surface area (Å²) in [6, 6.07) is 9.97. The summed E-state index contributed by atoms with van der Waals surface area (Å²) in [5, 5.41) is 8.60. The highest BCUT2D eigenvalue weighted by Crippen LogP contribution is 2.27. The van der Waals surface area contributed by atoms with Gasteiger partial charge < -0.3 is 4.74 Å². The first-order chi connectivity index (χ1) is 15.9. The van der Waals surface area contributed by atoms with Gasteiger partial charge in [0.05, 0.1) is 21.7 Å². The Bertz CT molecular complexity index is 1390. The van der Waals surface area contributed by atoms with E-state index in [2.05, 4.69) is 10.2 Å². The molecule has 0 aliphatic heterocycles. The Hall–Kier alpha value is -3.11. The molecule has 0 radical (unpaired) electrons. The fourth-order valence-corrected chi connectivity index (χ4v) is 4.52. The lowest BCUT2D eigenvalue weighted by Crippen LogP contribution is -2.24. The third-order valence-corrected chi connectivity index (χ3v) is 6.24. The van der Waals surface area contributed by atoms with Crippen molar-refractivity contribution in [3.05, 3.63) is 70.0 Å². The van der Waals surface area contributed by atoms with Crippen LogP contribution in [0.25, 0.3) is 16.7 Å². The third-order valence-electron chi connectivity index (χ3n) is 5.20. The number of hydrogen-bond donors (Lipinski definition) is 0. The molecule has 0 saturated heterocycles. The van der Waals surface area contributed by atoms with Crippen LogP contribution in [-0.2, 0) is 11.3 Å². The zero-order valence-electron chi connectivity index (χ0n) is 18.1. The number of nitrogens with zero attached hydrogens (tertiary/aromatic N) is 4. The first-order valence-electron chi connectivity index (χ1n) is 10.5. The molecule has 1 atom stereocenters. The van der Waals surface area contributed by atoms with E-state index >= 15 is 0 Å². The van der Waals surface area contributed by atoms with Crippen LogP contribution in [0, 0.1) is 11.6 Å². The largest absolute Gasteiger partial charge is 0.382 e. The smallest absolute Gasteiger partial charge is 0.262 e. The van der Waals surface area contributed by atoms with E-state index in [0.29, 0.717) is 54.1 Å². The SMILES string of the molecule is CCOCCCn1c(=O)c2ccccc2n2c(SC(C)C(=O)c3ccc(F)cc3F)nnc12. The number of aromatic nitrogens is 4. The quantitative estimate of drug-likeness (QED) is 0.207. The fraction of sp³-hybridized carbons (Fsp3) is 0.304. The molecule has 2 heterocycles. The molecule has 0 amide bonds. The molecule has 0 spiro atoms. The Kier molecular flexibility index (Phi) is 6.85. The van der Waals surface area contributed by atoms with Crippen LogP contribution < -0.4 is 5.56 Å². The molecule has 2 aromatic carbocycles. The number of fused-ring (bicyclic) bond motifs is 3. The van der Waals surface area contributed by atoms with Crippen LogP contribution in [0.1, 0.15) is 30.6 Å². The van der Waals surface area contributed by atoms with Crippen molar-refractivity contribution in [2.45, 2.75) is 37.2 Å². The van der Waals surface area contributed by atoms with Gasteiger partial charge in [0.2, 0.25) is 5.78 Å². The van der Waals surface area contributed by atoms with Gasteiger partial charge in [-0.3, -0.25) is 18.6 Å². The molecule has 7 nitrogen and oxygen atoms in total. The normalized spacial score (nSPS) is 12.5. The number of aryl methyl sites for hydroxylation is 1. The molecule has 4 aromatic rings. The van der Waals surface area contributed by atoms with Gasteiger partial charge in [-0.15, -0.1) is 10.2 Å². The number of carbonyl (C=O) groups is 1. The summed E-state index contributed by atoms with van der Waals surface area (Å²) >= 11 is 1.10. The number of hydrogen-bond acceptors (Lipinski definition) is 6. The molecule has 0 fully saturated rings. The number of halogens is 2. The lowest BCUT2D eigenvalue weighted by atomic mass is 10.1. The van der Waals surface area contributed by atoms with E-state index in [1.807, 2.05) is 6.92 Å². The second kappa shape index (κ2) is 9.80. The second-order valence-corrected chi connectivity index (χ2v) is 8.70. The van der Waals surface area contributed by atoms with Crippen LogP contribution in [0.5, 0.6) is 0 Å². The number of benzene rings is 2. The molecule has 0 bridgehead atoms. The lowest BCUT2D eigenvalue weighted by molar-refractivity contribution is 0.0990. The molecular weight excluding hydrogens is 450 g/mol. The number of thioether (sulfide) groups is 1. The minimum atomic E-state index is -0.910. The number of carbonyl (C=O) groups excluding carboxylic acids is 1. The molecule has 2 aromatic heterocycles. The molecule has 172 valence electrons. The Morgan fingerprint density at radius 3 is 2.73 bits per heavy atom. The maximum absolute atomic E-state index is 14.1. The number of ether oxygens (including phenoxy) is 1. The summed E-state index contributed by atoms with van der Waals surface area (Å²) in [6.07, 6.45) is 0.621. The summed E-state index contributed by atoms with van der Waals surface area (Å²) in [4.78, 5) is 25.9. The van der Waals surface area contributed by atoms with Gasteiger partial charge >= 0.3 is 0 Å². The van der Waals surface area contributed by atoms with Crippen molar-refractivity contribution >= 4 is 34.2 Å². The molecule has 33 heavy (non-hydrogen) atoms. The van der Waals surface area contributed by atoms with Gasteiger partial charge in [0, 0.05) is 25.8 Å². The maximum atomic E-state index is 14.1. The van der Waals surface area contributed by atoms with E-state index in [0.717, 1.165) is 23.9 Å². The predicted octanol–water partition coefficient (Wildman–Crippen LogP) is 4.11. The van der Waals surface area contributed by atoms with Crippen molar-refractivity contribution in [2.24, 2.45) is 0 Å². The number of Topliss-reactive ketones (excluding diaryl/α,β-unsaturated/α-hetero) is 1. The van der Waals surface area contributed by atoms with Gasteiger partial charge in [-0.1, -0.05) is 23.9 Å². The summed E-state index contributed by atoms with van der Waals surface area (Å²) in [5.74, 6) is -1.80. The summed E-state index contributed by atoms with van der Waals surface area (Å²) in [7, 11) is 0. The van der Waals surface area contributed by atoms with Crippen molar-refractivity contribution in [1.82, 2.24) is 19.2 Å². The maximum Gasteiger partial charge on any atom is 0.262 e. The van der Waals surface area contributed by atoms with Gasteiger partial charge in [-0.25, -0.2) is 8.78 Å². The zero-order chi connectivity index (χ0) is 23.5. The van der Waals surface area contributed by atoms with Crippen LogP contribution in [0.2, 0.25) is 0 Å². The van der Waals surface area contributed by atoms with Crippen molar-refractivity contribution in [1.29, 1.82) is 0 Å². The number of rotatable bonds is 9. The highest BCUT2D eigenvalue weighted by Gasteiger charge is 2.24. The minimum Gasteiger partial charge on any atom is -0.382 e. The highest BCUT2D eigenvalue weighted by molar-refractivity contribution is 8.00. The van der Waals surface area contributed by atoms with Crippen molar-refractivity contribution in [3.63, 3.8) is 0 Å². The fourth-order valence-electron chi connectivity index (χ4n) is 3.60. The Labute approximate surface area is 192 Å². The van der Waals surface area contributed by atoms with E-state index in [4.69, 9.17) is 4.74 Å².